The number of aromatic nitrogens is 2. The predicted octanol–water partition coefficient (Wildman–Crippen LogP) is 6.26. The van der Waals surface area contributed by atoms with Crippen molar-refractivity contribution in [2.75, 3.05) is 17.2 Å². The van der Waals surface area contributed by atoms with E-state index >= 15 is 0 Å². The number of benzene rings is 2. The first-order valence-corrected chi connectivity index (χ1v) is 14.3. The fraction of sp³-hybridized carbons (Fsp3) is 0.250. The molecule has 2 aromatic carbocycles. The van der Waals surface area contributed by atoms with Crippen molar-refractivity contribution >= 4 is 52.3 Å². The quantitative estimate of drug-likeness (QED) is 0.308. The van der Waals surface area contributed by atoms with E-state index in [1.54, 1.807) is 16.2 Å². The molecule has 6 nitrogen and oxygen atoms in total. The van der Waals surface area contributed by atoms with Crippen LogP contribution in [-0.2, 0) is 9.59 Å². The normalized spacial score (nSPS) is 15.5. The average Bonchev–Trinajstić information content (AvgIpc) is 3.49. The lowest BCUT2D eigenvalue weighted by Crippen LogP contribution is -2.44. The Morgan fingerprint density at radius 2 is 1.95 bits per heavy atom. The summed E-state index contributed by atoms with van der Waals surface area (Å²) in [6.45, 7) is 5.75. The van der Waals surface area contributed by atoms with Gasteiger partial charge in [-0.15, -0.1) is 23.1 Å². The Balaban J connectivity index is 1.78. The molecule has 0 bridgehead atoms. The molecule has 3 heterocycles. The van der Waals surface area contributed by atoms with Crippen LogP contribution in [0.3, 0.4) is 0 Å². The number of nitrogens with zero attached hydrogens (tertiary/aromatic N) is 3. The summed E-state index contributed by atoms with van der Waals surface area (Å²) in [7, 11) is 0. The van der Waals surface area contributed by atoms with E-state index in [0.717, 1.165) is 32.9 Å². The number of amides is 2. The van der Waals surface area contributed by atoms with Crippen molar-refractivity contribution in [2.45, 2.75) is 32.1 Å². The van der Waals surface area contributed by atoms with E-state index in [1.807, 2.05) is 91.5 Å². The number of carbonyl (C=O) groups is 2. The second-order valence-corrected chi connectivity index (χ2v) is 11.7. The summed E-state index contributed by atoms with van der Waals surface area (Å²) in [5.41, 5.74) is 4.63. The molecule has 2 aromatic heterocycles. The molecule has 1 aliphatic heterocycles. The number of thiophene rings is 1. The maximum absolute atomic E-state index is 13.6. The maximum atomic E-state index is 13.6. The molecular formula is C28H27ClN4O2S2. The van der Waals surface area contributed by atoms with Gasteiger partial charge < -0.3 is 5.32 Å². The monoisotopic (exact) mass is 550 g/mol. The number of halogens is 1. The zero-order valence-electron chi connectivity index (χ0n) is 20.8. The van der Waals surface area contributed by atoms with E-state index in [0.29, 0.717) is 10.8 Å². The first-order chi connectivity index (χ1) is 17.8. The second kappa shape index (κ2) is 10.7. The van der Waals surface area contributed by atoms with E-state index in [9.17, 15) is 9.59 Å². The Morgan fingerprint density at radius 3 is 2.62 bits per heavy atom. The minimum Gasteiger partial charge on any atom is -0.352 e. The maximum Gasteiger partial charge on any atom is 0.240 e. The molecule has 0 saturated carbocycles. The van der Waals surface area contributed by atoms with Crippen molar-refractivity contribution in [3.63, 3.8) is 0 Å². The molecule has 0 aliphatic carbocycles. The summed E-state index contributed by atoms with van der Waals surface area (Å²) >= 11 is 9.53. The molecule has 0 spiro atoms. The largest absolute Gasteiger partial charge is 0.352 e. The minimum absolute atomic E-state index is 0.0358. The smallest absolute Gasteiger partial charge is 0.240 e. The highest BCUT2D eigenvalue weighted by atomic mass is 35.5. The lowest BCUT2D eigenvalue weighted by molar-refractivity contribution is -0.123. The topological polar surface area (TPSA) is 67.2 Å². The number of aryl methyl sites for hydroxylation is 1. The van der Waals surface area contributed by atoms with Gasteiger partial charge in [-0.2, -0.15) is 5.10 Å². The second-order valence-electron chi connectivity index (χ2n) is 9.26. The van der Waals surface area contributed by atoms with Crippen LogP contribution in [0.5, 0.6) is 0 Å². The van der Waals surface area contributed by atoms with Crippen LogP contribution < -0.4 is 10.2 Å². The highest BCUT2D eigenvalue weighted by molar-refractivity contribution is 8.00. The van der Waals surface area contributed by atoms with Crippen LogP contribution in [0.25, 0.3) is 16.3 Å². The predicted molar refractivity (Wildman–Crippen MR) is 153 cm³/mol. The number of hydrogen-bond donors (Lipinski definition) is 1. The van der Waals surface area contributed by atoms with E-state index < -0.39 is 0 Å². The molecule has 0 saturated heterocycles. The lowest BCUT2D eigenvalue weighted by Gasteiger charge is -2.23. The zero-order valence-corrected chi connectivity index (χ0v) is 23.2. The number of hydrogen-bond acceptors (Lipinski definition) is 5. The number of fused-ring (bicyclic) bond motifs is 1. The van der Waals surface area contributed by atoms with Crippen molar-refractivity contribution in [3.05, 3.63) is 87.8 Å². The van der Waals surface area contributed by atoms with Crippen molar-refractivity contribution in [3.8, 4) is 16.3 Å². The Labute approximate surface area is 229 Å². The van der Waals surface area contributed by atoms with E-state index in [-0.39, 0.29) is 35.4 Å². The van der Waals surface area contributed by atoms with Crippen LogP contribution in [0.2, 0.25) is 5.02 Å². The molecule has 2 amide bonds. The van der Waals surface area contributed by atoms with Crippen molar-refractivity contribution < 1.29 is 9.59 Å². The third-order valence-corrected chi connectivity index (χ3v) is 8.39. The highest BCUT2D eigenvalue weighted by Gasteiger charge is 2.38. The third-order valence-electron chi connectivity index (χ3n) is 6.02. The molecule has 0 unspecified atom stereocenters. The van der Waals surface area contributed by atoms with E-state index in [2.05, 4.69) is 5.32 Å². The van der Waals surface area contributed by atoms with Gasteiger partial charge >= 0.3 is 0 Å². The molecule has 0 radical (unpaired) electrons. The van der Waals surface area contributed by atoms with Gasteiger partial charge in [0.2, 0.25) is 11.8 Å². The SMILES string of the molecule is Cc1ccc(-n2nc(-c3cccs3)c3c2N(CC(=O)NC(C)C)C(=O)CS[C@@H]3c2cccc(Cl)c2)cc1. The molecule has 1 atom stereocenters. The number of nitrogens with one attached hydrogen (secondary N) is 1. The van der Waals surface area contributed by atoms with Crippen LogP contribution >= 0.6 is 34.7 Å². The Morgan fingerprint density at radius 1 is 1.16 bits per heavy atom. The van der Waals surface area contributed by atoms with Gasteiger partial charge in [0.05, 0.1) is 21.6 Å². The van der Waals surface area contributed by atoms with Gasteiger partial charge in [0.25, 0.3) is 0 Å². The number of anilines is 1. The molecule has 1 N–H and O–H groups in total. The van der Waals surface area contributed by atoms with Crippen LogP contribution in [-0.4, -0.2) is 39.9 Å². The Hall–Kier alpha value is -3.07. The minimum atomic E-state index is -0.213. The van der Waals surface area contributed by atoms with Gasteiger partial charge in [-0.05, 0) is 62.0 Å². The first-order valence-electron chi connectivity index (χ1n) is 12.0. The molecule has 4 aromatic rings. The molecule has 190 valence electrons. The molecule has 0 fully saturated rings. The number of rotatable bonds is 6. The summed E-state index contributed by atoms with van der Waals surface area (Å²) in [5.74, 6) is 0.486. The van der Waals surface area contributed by atoms with Crippen LogP contribution in [0.1, 0.15) is 35.8 Å². The fourth-order valence-corrected chi connectivity index (χ4v) is 6.53. The standard InChI is InChI=1S/C28H27ClN4O2S2/c1-17(2)30-23(34)15-32-24(35)16-37-27(19-6-4-7-20(29)14-19)25-26(22-8-5-13-36-22)31-33(28(25)32)21-11-9-18(3)10-12-21/h4-14,17,27H,15-16H2,1-3H3,(H,30,34)/t27-/m1/s1. The summed E-state index contributed by atoms with van der Waals surface area (Å²) < 4.78 is 1.81. The lowest BCUT2D eigenvalue weighted by atomic mass is 10.0. The molecular weight excluding hydrogens is 524 g/mol. The first kappa shape index (κ1) is 25.6. The van der Waals surface area contributed by atoms with Crippen molar-refractivity contribution in [1.29, 1.82) is 0 Å². The number of carbonyl (C=O) groups excluding carboxylic acids is 2. The summed E-state index contributed by atoms with van der Waals surface area (Å²) in [6.07, 6.45) is 0. The molecule has 5 rings (SSSR count). The number of thioether (sulfide) groups is 1. The molecule has 9 heteroatoms. The summed E-state index contributed by atoms with van der Waals surface area (Å²) in [5, 5.41) is 10.5. The van der Waals surface area contributed by atoms with Gasteiger partial charge in [0, 0.05) is 16.6 Å². The van der Waals surface area contributed by atoms with Crippen LogP contribution in [0.4, 0.5) is 5.82 Å². The van der Waals surface area contributed by atoms with Gasteiger partial charge in [-0.1, -0.05) is 47.5 Å². The van der Waals surface area contributed by atoms with Crippen molar-refractivity contribution in [1.82, 2.24) is 15.1 Å². The highest BCUT2D eigenvalue weighted by Crippen LogP contribution is 2.49. The Bertz CT molecular complexity index is 1430. The summed E-state index contributed by atoms with van der Waals surface area (Å²) in [6, 6.07) is 19.8. The van der Waals surface area contributed by atoms with Gasteiger partial charge in [0.15, 0.2) is 0 Å². The summed E-state index contributed by atoms with van der Waals surface area (Å²) in [4.78, 5) is 29.2. The van der Waals surface area contributed by atoms with Crippen LogP contribution in [0.15, 0.2) is 66.0 Å². The zero-order chi connectivity index (χ0) is 26.1. The van der Waals surface area contributed by atoms with E-state index in [1.165, 1.54) is 11.8 Å². The fourth-order valence-electron chi connectivity index (χ4n) is 4.42. The molecule has 1 aliphatic rings. The third kappa shape index (κ3) is 5.32. The average molecular weight is 551 g/mol. The molecule has 37 heavy (non-hydrogen) atoms. The van der Waals surface area contributed by atoms with Crippen molar-refractivity contribution in [2.24, 2.45) is 0 Å². The van der Waals surface area contributed by atoms with Crippen LogP contribution in [0, 0.1) is 6.92 Å². The van der Waals surface area contributed by atoms with E-state index in [4.69, 9.17) is 16.7 Å². The Kier molecular flexibility index (Phi) is 7.42. The van der Waals surface area contributed by atoms with Gasteiger partial charge in [-0.25, -0.2) is 4.68 Å². The van der Waals surface area contributed by atoms with Gasteiger partial charge in [-0.3, -0.25) is 14.5 Å². The van der Waals surface area contributed by atoms with Gasteiger partial charge in [0.1, 0.15) is 18.1 Å².